The van der Waals surface area contributed by atoms with Gasteiger partial charge in [-0.3, -0.25) is 4.79 Å². The van der Waals surface area contributed by atoms with Gasteiger partial charge in [-0.2, -0.15) is 0 Å². The van der Waals surface area contributed by atoms with Crippen molar-refractivity contribution in [3.63, 3.8) is 0 Å². The fraction of sp³-hybridized carbons (Fsp3) is 0.857. The zero-order valence-corrected chi connectivity index (χ0v) is 6.60. The van der Waals surface area contributed by atoms with Crippen LogP contribution in [0.2, 0.25) is 0 Å². The normalized spacial score (nSPS) is 21.1. The number of carboxylic acids is 1. The topological polar surface area (TPSA) is 37.3 Å². The average Bonchev–Trinajstić information content (AvgIpc) is 1.87. The molecule has 1 rings (SSSR count). The van der Waals surface area contributed by atoms with Crippen LogP contribution in [0.5, 0.6) is 0 Å². The molecular weight excluding hydrogens is 154 g/mol. The molecular formula is C7H12F2O2. The molecule has 0 unspecified atom stereocenters. The Hall–Kier alpha value is -0.670. The highest BCUT2D eigenvalue weighted by Gasteiger charge is 2.48. The second kappa shape index (κ2) is 3.64. The lowest BCUT2D eigenvalue weighted by Gasteiger charge is -2.31. The van der Waals surface area contributed by atoms with Gasteiger partial charge in [0.1, 0.15) is 0 Å². The maximum Gasteiger partial charge on any atom is 0.306 e. The highest BCUT2D eigenvalue weighted by Crippen LogP contribution is 2.42. The van der Waals surface area contributed by atoms with Crippen molar-refractivity contribution in [1.82, 2.24) is 0 Å². The van der Waals surface area contributed by atoms with Gasteiger partial charge in [-0.1, -0.05) is 13.8 Å². The largest absolute Gasteiger partial charge is 0.481 e. The lowest BCUT2D eigenvalue weighted by atomic mass is 9.82. The molecule has 4 heteroatoms. The summed E-state index contributed by atoms with van der Waals surface area (Å²) in [6.07, 6.45) is -0.968. The van der Waals surface area contributed by atoms with Gasteiger partial charge in [0.25, 0.3) is 0 Å². The fourth-order valence-electron chi connectivity index (χ4n) is 0.836. The number of hydrogen-bond acceptors (Lipinski definition) is 1. The molecule has 0 bridgehead atoms. The van der Waals surface area contributed by atoms with E-state index in [-0.39, 0.29) is 0 Å². The molecule has 0 radical (unpaired) electrons. The molecule has 0 aromatic carbocycles. The van der Waals surface area contributed by atoms with Crippen molar-refractivity contribution in [3.8, 4) is 0 Å². The number of halogens is 2. The number of hydrogen-bond donors (Lipinski definition) is 1. The molecule has 2 nitrogen and oxygen atoms in total. The molecule has 1 saturated carbocycles. The second-order valence-electron chi connectivity index (χ2n) is 2.30. The Kier molecular flexibility index (Phi) is 3.42. The van der Waals surface area contributed by atoms with Crippen molar-refractivity contribution < 1.29 is 18.7 Å². The molecule has 0 aromatic rings. The second-order valence-corrected chi connectivity index (χ2v) is 2.30. The fourth-order valence-corrected chi connectivity index (χ4v) is 0.836. The quantitative estimate of drug-likeness (QED) is 0.648. The van der Waals surface area contributed by atoms with Crippen LogP contribution in [-0.4, -0.2) is 17.0 Å². The van der Waals surface area contributed by atoms with Gasteiger partial charge in [-0.05, 0) is 0 Å². The Balaban J connectivity index is 0.000000461. The number of carboxylic acid groups (broad SMARTS) is 1. The molecule has 0 spiro atoms. The maximum atomic E-state index is 11.9. The van der Waals surface area contributed by atoms with Crippen molar-refractivity contribution in [2.45, 2.75) is 32.6 Å². The van der Waals surface area contributed by atoms with E-state index in [1.807, 2.05) is 13.8 Å². The van der Waals surface area contributed by atoms with Crippen LogP contribution in [0.4, 0.5) is 8.78 Å². The van der Waals surface area contributed by atoms with E-state index >= 15 is 0 Å². The van der Waals surface area contributed by atoms with Crippen LogP contribution in [0, 0.1) is 5.92 Å². The van der Waals surface area contributed by atoms with E-state index < -0.39 is 30.7 Å². The van der Waals surface area contributed by atoms with Crippen LogP contribution >= 0.6 is 0 Å². The van der Waals surface area contributed by atoms with E-state index in [2.05, 4.69) is 0 Å². The molecule has 66 valence electrons. The van der Waals surface area contributed by atoms with E-state index in [4.69, 9.17) is 5.11 Å². The van der Waals surface area contributed by atoms with E-state index in [0.717, 1.165) is 0 Å². The monoisotopic (exact) mass is 166 g/mol. The minimum absolute atomic E-state index is 0.484. The van der Waals surface area contributed by atoms with Gasteiger partial charge in [-0.25, -0.2) is 8.78 Å². The SMILES string of the molecule is CC.O=C(O)C1CC(F)(F)C1. The minimum Gasteiger partial charge on any atom is -0.481 e. The van der Waals surface area contributed by atoms with Crippen LogP contribution in [0.1, 0.15) is 26.7 Å². The van der Waals surface area contributed by atoms with Crippen LogP contribution in [0.25, 0.3) is 0 Å². The molecule has 1 N–H and O–H groups in total. The summed E-state index contributed by atoms with van der Waals surface area (Å²) in [5.74, 6) is -4.62. The molecule has 0 atom stereocenters. The third kappa shape index (κ3) is 2.82. The van der Waals surface area contributed by atoms with Gasteiger partial charge in [-0.15, -0.1) is 0 Å². The minimum atomic E-state index is -2.71. The Bertz CT molecular complexity index is 137. The Morgan fingerprint density at radius 1 is 1.45 bits per heavy atom. The molecule has 0 saturated heterocycles. The molecule has 1 fully saturated rings. The third-order valence-corrected chi connectivity index (χ3v) is 1.44. The molecule has 0 aliphatic heterocycles. The smallest absolute Gasteiger partial charge is 0.306 e. The molecule has 0 aromatic heterocycles. The number of carbonyl (C=O) groups is 1. The average molecular weight is 166 g/mol. The van der Waals surface area contributed by atoms with Gasteiger partial charge in [0.2, 0.25) is 5.92 Å². The summed E-state index contributed by atoms with van der Waals surface area (Å²) in [6.45, 7) is 4.00. The van der Waals surface area contributed by atoms with Crippen molar-refractivity contribution in [2.24, 2.45) is 5.92 Å². The summed E-state index contributed by atoms with van der Waals surface area (Å²) >= 11 is 0. The van der Waals surface area contributed by atoms with Crippen molar-refractivity contribution >= 4 is 5.97 Å². The Morgan fingerprint density at radius 3 is 1.91 bits per heavy atom. The lowest BCUT2D eigenvalue weighted by Crippen LogP contribution is -2.39. The summed E-state index contributed by atoms with van der Waals surface area (Å²) in [4.78, 5) is 9.94. The first kappa shape index (κ1) is 10.3. The van der Waals surface area contributed by atoms with E-state index in [0.29, 0.717) is 0 Å². The van der Waals surface area contributed by atoms with E-state index in [1.165, 1.54) is 0 Å². The lowest BCUT2D eigenvalue weighted by molar-refractivity contribution is -0.165. The van der Waals surface area contributed by atoms with Gasteiger partial charge in [0.05, 0.1) is 5.92 Å². The first-order valence-electron chi connectivity index (χ1n) is 3.62. The van der Waals surface area contributed by atoms with Gasteiger partial charge >= 0.3 is 5.97 Å². The zero-order chi connectivity index (χ0) is 9.07. The van der Waals surface area contributed by atoms with Crippen LogP contribution in [-0.2, 0) is 4.79 Å². The predicted octanol–water partition coefficient (Wildman–Crippen LogP) is 2.14. The molecule has 0 heterocycles. The summed E-state index contributed by atoms with van der Waals surface area (Å²) in [6, 6.07) is 0. The van der Waals surface area contributed by atoms with Crippen LogP contribution in [0.3, 0.4) is 0 Å². The standard InChI is InChI=1S/C5H6F2O2.C2H6/c6-5(7)1-3(2-5)4(8)9;1-2/h3H,1-2H2,(H,8,9);1-2H3. The molecule has 1 aliphatic carbocycles. The maximum absolute atomic E-state index is 11.9. The van der Waals surface area contributed by atoms with Gasteiger partial charge in [0.15, 0.2) is 0 Å². The molecule has 1 aliphatic rings. The van der Waals surface area contributed by atoms with Gasteiger partial charge < -0.3 is 5.11 Å². The van der Waals surface area contributed by atoms with Crippen molar-refractivity contribution in [2.75, 3.05) is 0 Å². The molecule has 11 heavy (non-hydrogen) atoms. The summed E-state index contributed by atoms with van der Waals surface area (Å²) in [5, 5.41) is 8.13. The Labute approximate surface area is 64.2 Å². The summed E-state index contributed by atoms with van der Waals surface area (Å²) in [5.41, 5.74) is 0. The van der Waals surface area contributed by atoms with Gasteiger partial charge in [0, 0.05) is 12.8 Å². The first-order valence-corrected chi connectivity index (χ1v) is 3.62. The highest BCUT2D eigenvalue weighted by molar-refractivity contribution is 5.71. The number of rotatable bonds is 1. The van der Waals surface area contributed by atoms with Crippen molar-refractivity contribution in [3.05, 3.63) is 0 Å². The Morgan fingerprint density at radius 2 is 1.82 bits per heavy atom. The van der Waals surface area contributed by atoms with Crippen LogP contribution in [0.15, 0.2) is 0 Å². The first-order chi connectivity index (χ1) is 5.01. The van der Waals surface area contributed by atoms with Crippen LogP contribution < -0.4 is 0 Å². The summed E-state index contributed by atoms with van der Waals surface area (Å²) in [7, 11) is 0. The van der Waals surface area contributed by atoms with Crippen molar-refractivity contribution in [1.29, 1.82) is 0 Å². The highest BCUT2D eigenvalue weighted by atomic mass is 19.3. The predicted molar refractivity (Wildman–Crippen MR) is 36.7 cm³/mol. The zero-order valence-electron chi connectivity index (χ0n) is 6.60. The van der Waals surface area contributed by atoms with E-state index in [1.54, 1.807) is 0 Å². The third-order valence-electron chi connectivity index (χ3n) is 1.44. The van der Waals surface area contributed by atoms with E-state index in [9.17, 15) is 13.6 Å². The number of aliphatic carboxylic acids is 1. The number of alkyl halides is 2. The molecule has 0 amide bonds. The summed E-state index contributed by atoms with van der Waals surface area (Å²) < 4.78 is 23.8.